The number of carbonyl (C=O) groups is 2. The van der Waals surface area contributed by atoms with E-state index in [0.29, 0.717) is 19.5 Å². The third kappa shape index (κ3) is 3.28. The van der Waals surface area contributed by atoms with Crippen LogP contribution >= 0.6 is 0 Å². The lowest BCUT2D eigenvalue weighted by Gasteiger charge is -2.36. The van der Waals surface area contributed by atoms with E-state index in [1.807, 2.05) is 31.7 Å². The number of likely N-dealkylation sites (tertiary alicyclic amines) is 1. The maximum Gasteiger partial charge on any atom is 0.410 e. The van der Waals surface area contributed by atoms with E-state index in [1.54, 1.807) is 4.90 Å². The first kappa shape index (κ1) is 16.9. The topological polar surface area (TPSA) is 54.8 Å². The minimum absolute atomic E-state index is 0.0804. The van der Waals surface area contributed by atoms with Crippen LogP contribution in [-0.4, -0.2) is 51.6 Å². The standard InChI is InChI=1S/C18H27N3O3/c1-13-15-6-5-8-19(15)10-11-21(13)16(22)14-7-9-20(12-14)17(23)24-18(2,3)4/h5-6,8,13-14H,7,9-12H2,1-4H3. The third-order valence-electron chi connectivity index (χ3n) is 4.81. The maximum absolute atomic E-state index is 12.9. The molecule has 2 amide bonds. The zero-order valence-corrected chi connectivity index (χ0v) is 15.0. The van der Waals surface area contributed by atoms with Crippen LogP contribution in [0.15, 0.2) is 18.3 Å². The Bertz CT molecular complexity index is 632. The molecule has 1 saturated heterocycles. The van der Waals surface area contributed by atoms with Gasteiger partial charge in [0.05, 0.1) is 12.0 Å². The van der Waals surface area contributed by atoms with E-state index in [0.717, 1.165) is 13.1 Å². The molecule has 2 aliphatic rings. The van der Waals surface area contributed by atoms with Gasteiger partial charge in [-0.15, -0.1) is 0 Å². The van der Waals surface area contributed by atoms with Gasteiger partial charge in [-0.2, -0.15) is 0 Å². The molecule has 0 N–H and O–H groups in total. The van der Waals surface area contributed by atoms with Crippen molar-refractivity contribution >= 4 is 12.0 Å². The van der Waals surface area contributed by atoms with Crippen LogP contribution in [0, 0.1) is 5.92 Å². The summed E-state index contributed by atoms with van der Waals surface area (Å²) in [6, 6.07) is 4.18. The first-order chi connectivity index (χ1) is 11.3. The van der Waals surface area contributed by atoms with E-state index < -0.39 is 5.60 Å². The fourth-order valence-electron chi connectivity index (χ4n) is 3.57. The number of ether oxygens (including phenoxy) is 1. The van der Waals surface area contributed by atoms with E-state index in [9.17, 15) is 9.59 Å². The van der Waals surface area contributed by atoms with Gasteiger partial charge in [0.1, 0.15) is 5.60 Å². The Morgan fingerprint density at radius 3 is 2.67 bits per heavy atom. The van der Waals surface area contributed by atoms with Crippen molar-refractivity contribution in [3.63, 3.8) is 0 Å². The fraction of sp³-hybridized carbons (Fsp3) is 0.667. The fourth-order valence-corrected chi connectivity index (χ4v) is 3.57. The molecular weight excluding hydrogens is 306 g/mol. The summed E-state index contributed by atoms with van der Waals surface area (Å²) in [5.74, 6) is 0.0301. The molecule has 6 heteroatoms. The second kappa shape index (κ2) is 6.15. The summed E-state index contributed by atoms with van der Waals surface area (Å²) >= 11 is 0. The molecule has 0 saturated carbocycles. The number of fused-ring (bicyclic) bond motifs is 1. The van der Waals surface area contributed by atoms with Crippen molar-refractivity contribution in [2.75, 3.05) is 19.6 Å². The average molecular weight is 333 g/mol. The van der Waals surface area contributed by atoms with Gasteiger partial charge < -0.3 is 19.1 Å². The number of hydrogen-bond acceptors (Lipinski definition) is 3. The number of rotatable bonds is 1. The van der Waals surface area contributed by atoms with Gasteiger partial charge in [-0.1, -0.05) is 0 Å². The number of amides is 2. The van der Waals surface area contributed by atoms with Crippen LogP contribution in [0.2, 0.25) is 0 Å². The van der Waals surface area contributed by atoms with Gasteiger partial charge >= 0.3 is 6.09 Å². The minimum Gasteiger partial charge on any atom is -0.444 e. The summed E-state index contributed by atoms with van der Waals surface area (Å²) < 4.78 is 7.62. The lowest BCUT2D eigenvalue weighted by Crippen LogP contribution is -2.44. The lowest BCUT2D eigenvalue weighted by atomic mass is 10.0. The number of hydrogen-bond donors (Lipinski definition) is 0. The van der Waals surface area contributed by atoms with E-state index in [1.165, 1.54) is 5.69 Å². The molecule has 0 aromatic carbocycles. The first-order valence-electron chi connectivity index (χ1n) is 8.70. The molecule has 0 bridgehead atoms. The van der Waals surface area contributed by atoms with E-state index in [2.05, 4.69) is 23.8 Å². The normalized spacial score (nSPS) is 24.0. The largest absolute Gasteiger partial charge is 0.444 e. The van der Waals surface area contributed by atoms with Gasteiger partial charge in [0.2, 0.25) is 5.91 Å². The highest BCUT2D eigenvalue weighted by atomic mass is 16.6. The van der Waals surface area contributed by atoms with E-state index >= 15 is 0 Å². The number of aromatic nitrogens is 1. The summed E-state index contributed by atoms with van der Waals surface area (Å²) in [4.78, 5) is 28.7. The number of nitrogens with zero attached hydrogens (tertiary/aromatic N) is 3. The molecule has 6 nitrogen and oxygen atoms in total. The SMILES string of the molecule is CC1c2cccn2CCN1C(=O)C1CCN(C(=O)OC(C)(C)C)C1. The van der Waals surface area contributed by atoms with Gasteiger partial charge in [0.25, 0.3) is 0 Å². The molecule has 3 rings (SSSR count). The lowest BCUT2D eigenvalue weighted by molar-refractivity contribution is -0.138. The zero-order valence-electron chi connectivity index (χ0n) is 15.0. The molecule has 1 aromatic rings. The summed E-state index contributed by atoms with van der Waals surface area (Å²) in [7, 11) is 0. The predicted molar refractivity (Wildman–Crippen MR) is 90.5 cm³/mol. The van der Waals surface area contributed by atoms with Crippen LogP contribution in [-0.2, 0) is 16.1 Å². The van der Waals surface area contributed by atoms with Crippen LogP contribution < -0.4 is 0 Å². The molecule has 3 heterocycles. The molecule has 2 atom stereocenters. The Hall–Kier alpha value is -1.98. The van der Waals surface area contributed by atoms with Crippen LogP contribution in [0.3, 0.4) is 0 Å². The van der Waals surface area contributed by atoms with Crippen molar-refractivity contribution in [2.24, 2.45) is 5.92 Å². The van der Waals surface area contributed by atoms with Crippen molar-refractivity contribution in [3.05, 3.63) is 24.0 Å². The van der Waals surface area contributed by atoms with E-state index in [4.69, 9.17) is 4.74 Å². The predicted octanol–water partition coefficient (Wildman–Crippen LogP) is 2.65. The molecule has 0 aliphatic carbocycles. The van der Waals surface area contributed by atoms with Gasteiger partial charge in [0.15, 0.2) is 0 Å². The molecule has 1 fully saturated rings. The Balaban J connectivity index is 1.62. The molecule has 2 unspecified atom stereocenters. The highest BCUT2D eigenvalue weighted by molar-refractivity contribution is 5.81. The Labute approximate surface area is 143 Å². The summed E-state index contributed by atoms with van der Waals surface area (Å²) in [5, 5.41) is 0. The monoisotopic (exact) mass is 333 g/mol. The van der Waals surface area contributed by atoms with Gasteiger partial charge in [0, 0.05) is 38.1 Å². The second-order valence-electron chi connectivity index (χ2n) is 7.75. The molecule has 132 valence electrons. The van der Waals surface area contributed by atoms with Crippen molar-refractivity contribution < 1.29 is 14.3 Å². The van der Waals surface area contributed by atoms with Crippen LogP contribution in [0.4, 0.5) is 4.79 Å². The highest BCUT2D eigenvalue weighted by Gasteiger charge is 2.38. The Morgan fingerprint density at radius 2 is 1.96 bits per heavy atom. The smallest absolute Gasteiger partial charge is 0.410 e. The quantitative estimate of drug-likeness (QED) is 0.794. The molecule has 24 heavy (non-hydrogen) atoms. The second-order valence-corrected chi connectivity index (χ2v) is 7.75. The molecule has 0 radical (unpaired) electrons. The number of carbonyl (C=O) groups excluding carboxylic acids is 2. The van der Waals surface area contributed by atoms with Crippen molar-refractivity contribution in [1.82, 2.24) is 14.4 Å². The first-order valence-corrected chi connectivity index (χ1v) is 8.70. The Morgan fingerprint density at radius 1 is 1.21 bits per heavy atom. The van der Waals surface area contributed by atoms with Crippen LogP contribution in [0.25, 0.3) is 0 Å². The summed E-state index contributed by atoms with van der Waals surface area (Å²) in [5.41, 5.74) is 0.669. The van der Waals surface area contributed by atoms with Gasteiger partial charge in [-0.3, -0.25) is 4.79 Å². The van der Waals surface area contributed by atoms with Crippen LogP contribution in [0.5, 0.6) is 0 Å². The zero-order chi connectivity index (χ0) is 17.5. The van der Waals surface area contributed by atoms with Crippen molar-refractivity contribution in [3.8, 4) is 0 Å². The summed E-state index contributed by atoms with van der Waals surface area (Å²) in [6.45, 7) is 10.2. The minimum atomic E-state index is -0.508. The van der Waals surface area contributed by atoms with E-state index in [-0.39, 0.29) is 24.0 Å². The molecule has 1 aromatic heterocycles. The highest BCUT2D eigenvalue weighted by Crippen LogP contribution is 2.29. The van der Waals surface area contributed by atoms with Crippen LogP contribution in [0.1, 0.15) is 45.9 Å². The van der Waals surface area contributed by atoms with Gasteiger partial charge in [-0.25, -0.2) is 4.79 Å². The average Bonchev–Trinajstić information content (AvgIpc) is 3.15. The third-order valence-corrected chi connectivity index (χ3v) is 4.81. The molecule has 2 aliphatic heterocycles. The maximum atomic E-state index is 12.9. The Kier molecular flexibility index (Phi) is 4.32. The van der Waals surface area contributed by atoms with Crippen molar-refractivity contribution in [1.29, 1.82) is 0 Å². The molecule has 0 spiro atoms. The van der Waals surface area contributed by atoms with Crippen molar-refractivity contribution in [2.45, 2.75) is 52.3 Å². The summed E-state index contributed by atoms with van der Waals surface area (Å²) in [6.07, 6.45) is 2.45. The van der Waals surface area contributed by atoms with Gasteiger partial charge in [-0.05, 0) is 46.2 Å². The molecular formula is C18H27N3O3.